The third-order valence-electron chi connectivity index (χ3n) is 14.5. The topological polar surface area (TPSA) is 9.86 Å². The first-order valence-corrected chi connectivity index (χ1v) is 23.7. The first kappa shape index (κ1) is 35.7. The van der Waals surface area contributed by atoms with E-state index in [0.717, 1.165) is 0 Å². The van der Waals surface area contributed by atoms with Gasteiger partial charge < -0.3 is 9.13 Å². The molecule has 60 heavy (non-hydrogen) atoms. The van der Waals surface area contributed by atoms with Crippen molar-refractivity contribution in [3.63, 3.8) is 0 Å². The van der Waals surface area contributed by atoms with E-state index in [1.54, 1.807) is 0 Å². The summed E-state index contributed by atoms with van der Waals surface area (Å²) in [5, 5.41) is 5.62. The number of rotatable bonds is 4. The molecule has 6 heteroatoms. The van der Waals surface area contributed by atoms with Crippen LogP contribution >= 0.6 is 23.5 Å². The molecule has 13 rings (SSSR count). The Hall–Kier alpha value is -5.03. The molecule has 0 atom stereocenters. The maximum Gasteiger partial charge on any atom is 0.249 e. The number of nitrogens with zero attached hydrogens (tertiary/aromatic N) is 2. The molecular weight excluding hydrogens is 762 g/mol. The van der Waals surface area contributed by atoms with Crippen LogP contribution in [0.2, 0.25) is 0 Å². The van der Waals surface area contributed by atoms with E-state index in [2.05, 4.69) is 174 Å². The lowest BCUT2D eigenvalue weighted by molar-refractivity contribution is 0.864. The van der Waals surface area contributed by atoms with E-state index in [4.69, 9.17) is 0 Å². The highest BCUT2D eigenvalue weighted by atomic mass is 32.2. The van der Waals surface area contributed by atoms with Gasteiger partial charge in [-0.2, -0.15) is 0 Å². The molecule has 9 aromatic rings. The molecule has 0 saturated heterocycles. The van der Waals surface area contributed by atoms with Crippen molar-refractivity contribution < 1.29 is 0 Å². The highest BCUT2D eigenvalue weighted by Gasteiger charge is 2.45. The fraction of sp³-hybridized carbons (Fsp3) is 0.222. The van der Waals surface area contributed by atoms with Crippen LogP contribution in [0.1, 0.15) is 101 Å². The van der Waals surface area contributed by atoms with Gasteiger partial charge in [0.05, 0.1) is 22.1 Å². The third-order valence-corrected chi connectivity index (χ3v) is 16.8. The van der Waals surface area contributed by atoms with Gasteiger partial charge in [-0.15, -0.1) is 0 Å². The summed E-state index contributed by atoms with van der Waals surface area (Å²) in [4.78, 5) is 5.66. The fourth-order valence-electron chi connectivity index (χ4n) is 11.7. The zero-order valence-electron chi connectivity index (χ0n) is 35.6. The van der Waals surface area contributed by atoms with E-state index in [-0.39, 0.29) is 13.4 Å². The van der Waals surface area contributed by atoms with Gasteiger partial charge in [0.15, 0.2) is 0 Å². The van der Waals surface area contributed by atoms with E-state index in [9.17, 15) is 0 Å². The average molecular weight is 809 g/mol. The Morgan fingerprint density at radius 3 is 1.27 bits per heavy atom. The Kier molecular flexibility index (Phi) is 7.32. The monoisotopic (exact) mass is 808 g/mol. The van der Waals surface area contributed by atoms with Gasteiger partial charge in [0, 0.05) is 52.5 Å². The lowest BCUT2D eigenvalue weighted by atomic mass is 9.32. The molecule has 4 aliphatic rings. The Bertz CT molecular complexity index is 3200. The molecule has 0 unspecified atom stereocenters. The summed E-state index contributed by atoms with van der Waals surface area (Å²) in [6.45, 7) is 19.1. The number of para-hydroxylation sites is 2. The molecule has 6 heterocycles. The van der Waals surface area contributed by atoms with E-state index < -0.39 is 0 Å². The molecule has 0 amide bonds. The van der Waals surface area contributed by atoms with Crippen LogP contribution < -0.4 is 32.8 Å². The van der Waals surface area contributed by atoms with Gasteiger partial charge in [0.1, 0.15) is 0 Å². The van der Waals surface area contributed by atoms with Crippen LogP contribution in [0.4, 0.5) is 0 Å². The van der Waals surface area contributed by atoms with Crippen LogP contribution in [0.15, 0.2) is 129 Å². The molecule has 0 N–H and O–H groups in total. The summed E-state index contributed by atoms with van der Waals surface area (Å²) < 4.78 is 5.30. The van der Waals surface area contributed by atoms with Crippen molar-refractivity contribution in [1.29, 1.82) is 0 Å². The maximum absolute atomic E-state index is 2.69. The minimum Gasteiger partial charge on any atom is -0.310 e. The Morgan fingerprint density at radius 1 is 0.417 bits per heavy atom. The summed E-state index contributed by atoms with van der Waals surface area (Å²) >= 11 is 4.03. The molecule has 2 aromatic heterocycles. The van der Waals surface area contributed by atoms with Crippen LogP contribution in [-0.2, 0) is 0 Å². The summed E-state index contributed by atoms with van der Waals surface area (Å²) in [6, 6.07) is 43.6. The molecule has 0 aliphatic carbocycles. The molecule has 2 nitrogen and oxygen atoms in total. The number of hydrogen-bond donors (Lipinski definition) is 0. The second-order valence-electron chi connectivity index (χ2n) is 19.2. The smallest absolute Gasteiger partial charge is 0.249 e. The Balaban J connectivity index is 1.14. The third kappa shape index (κ3) is 4.47. The maximum atomic E-state index is 2.69. The van der Waals surface area contributed by atoms with E-state index in [0.29, 0.717) is 23.7 Å². The molecule has 0 bridgehead atoms. The lowest BCUT2D eigenvalue weighted by Gasteiger charge is -2.37. The molecule has 0 saturated carbocycles. The van der Waals surface area contributed by atoms with Crippen molar-refractivity contribution in [2.75, 3.05) is 0 Å². The highest BCUT2D eigenvalue weighted by Crippen LogP contribution is 2.47. The highest BCUT2D eigenvalue weighted by molar-refractivity contribution is 8.01. The summed E-state index contributed by atoms with van der Waals surface area (Å²) in [5.74, 6) is 1.69. The predicted octanol–water partition coefficient (Wildman–Crippen LogP) is 11.0. The first-order valence-electron chi connectivity index (χ1n) is 22.1. The van der Waals surface area contributed by atoms with Gasteiger partial charge in [0.2, 0.25) is 13.4 Å². The largest absolute Gasteiger partial charge is 0.310 e. The van der Waals surface area contributed by atoms with Crippen LogP contribution in [-0.4, -0.2) is 22.6 Å². The minimum atomic E-state index is 0.144. The van der Waals surface area contributed by atoms with Crippen molar-refractivity contribution in [2.24, 2.45) is 0 Å². The van der Waals surface area contributed by atoms with E-state index in [1.807, 2.05) is 23.5 Å². The van der Waals surface area contributed by atoms with Crippen LogP contribution in [0.25, 0.3) is 55.0 Å². The second kappa shape index (κ2) is 12.3. The predicted molar refractivity (Wildman–Crippen MR) is 262 cm³/mol. The quantitative estimate of drug-likeness (QED) is 0.164. The average Bonchev–Trinajstić information content (AvgIpc) is 3.78. The molecule has 0 radical (unpaired) electrons. The van der Waals surface area contributed by atoms with Gasteiger partial charge in [-0.1, -0.05) is 157 Å². The zero-order chi connectivity index (χ0) is 40.6. The van der Waals surface area contributed by atoms with Crippen molar-refractivity contribution in [2.45, 2.75) is 98.6 Å². The van der Waals surface area contributed by atoms with Crippen molar-refractivity contribution in [1.82, 2.24) is 9.13 Å². The summed E-state index contributed by atoms with van der Waals surface area (Å²) in [5.41, 5.74) is 22.6. The summed E-state index contributed by atoms with van der Waals surface area (Å²) in [6.07, 6.45) is 0. The van der Waals surface area contributed by atoms with Crippen molar-refractivity contribution >= 4 is 113 Å². The Labute approximate surface area is 361 Å². The normalized spacial score (nSPS) is 14.4. The van der Waals surface area contributed by atoms with Crippen LogP contribution in [0.3, 0.4) is 0 Å². The SMILES string of the molecule is CC(C)c1ccc2c(c1)-n1c3ccccc3c3c(C(C)C)cc4c(c31)B2c1cc2c(cc1S4)Sc1cc(C(C)C)c3c4ccccc4n4c3c1B2c1ccc(C(C)C)cc1-4. The lowest BCUT2D eigenvalue weighted by Crippen LogP contribution is -2.62. The minimum absolute atomic E-state index is 0.144. The van der Waals surface area contributed by atoms with Gasteiger partial charge in [-0.05, 0) is 110 Å². The second-order valence-corrected chi connectivity index (χ2v) is 21.3. The van der Waals surface area contributed by atoms with Gasteiger partial charge in [0.25, 0.3) is 0 Å². The van der Waals surface area contributed by atoms with E-state index in [1.165, 1.54) is 130 Å². The number of fused-ring (bicyclic) bond motifs is 16. The Morgan fingerprint density at radius 2 is 0.850 bits per heavy atom. The van der Waals surface area contributed by atoms with Gasteiger partial charge in [-0.3, -0.25) is 0 Å². The summed E-state index contributed by atoms with van der Waals surface area (Å²) in [7, 11) is 0. The number of hydrogen-bond acceptors (Lipinski definition) is 2. The molecule has 0 fully saturated rings. The van der Waals surface area contributed by atoms with Crippen molar-refractivity contribution in [3.8, 4) is 11.4 Å². The van der Waals surface area contributed by atoms with Gasteiger partial charge in [-0.25, -0.2) is 0 Å². The van der Waals surface area contributed by atoms with E-state index >= 15 is 0 Å². The van der Waals surface area contributed by atoms with Crippen LogP contribution in [0, 0.1) is 0 Å². The molecule has 290 valence electrons. The van der Waals surface area contributed by atoms with Crippen molar-refractivity contribution in [3.05, 3.63) is 131 Å². The first-order chi connectivity index (χ1) is 29.1. The fourth-order valence-corrected chi connectivity index (χ4v) is 14.2. The standard InChI is InChI=1S/C54H46B2N2S2/c1-27(2)31-17-19-37-43(21-31)57-41-15-11-9-13-33(41)49-35(29(5)6)23-47-51(53(49)57)55(37)39-25-40-46(26-45(39)59-47)60-48-24-36(30(7)8)50-34-14-10-12-16-42(34)58-44-22-32(28(3)4)18-20-38(44)56(40)52(48)54(50)58/h9-30H,1-8H3. The molecule has 7 aromatic carbocycles. The number of benzene rings is 7. The molecular formula is C54H46B2N2S2. The van der Waals surface area contributed by atoms with Crippen LogP contribution in [0.5, 0.6) is 0 Å². The molecule has 0 spiro atoms. The van der Waals surface area contributed by atoms with Gasteiger partial charge >= 0.3 is 0 Å². The zero-order valence-corrected chi connectivity index (χ0v) is 37.2. The molecule has 4 aliphatic heterocycles. The number of aromatic nitrogens is 2.